The van der Waals surface area contributed by atoms with Crippen LogP contribution in [0.2, 0.25) is 0 Å². The largest absolute Gasteiger partial charge is 0.427 e. The van der Waals surface area contributed by atoms with E-state index in [1.165, 1.54) is 19.2 Å². The van der Waals surface area contributed by atoms with E-state index in [2.05, 4.69) is 10.6 Å². The van der Waals surface area contributed by atoms with Crippen LogP contribution < -0.4 is 10.6 Å². The molecule has 2 aromatic rings. The molecule has 1 spiro atoms. The van der Waals surface area contributed by atoms with Gasteiger partial charge in [0, 0.05) is 30.8 Å². The molecule has 0 aromatic heterocycles. The highest BCUT2D eigenvalue weighted by Crippen LogP contribution is 2.46. The van der Waals surface area contributed by atoms with Crippen LogP contribution in [0.25, 0.3) is 0 Å². The number of fused-ring (bicyclic) bond motifs is 2. The second-order valence-corrected chi connectivity index (χ2v) is 10.8. The second kappa shape index (κ2) is 9.98. The number of carbonyl (C=O) groups is 4. The number of nitrogens with one attached hydrogen (secondary N) is 2. The Morgan fingerprint density at radius 3 is 2.64 bits per heavy atom. The molecule has 1 aliphatic carbocycles. The Labute approximate surface area is 226 Å². The summed E-state index contributed by atoms with van der Waals surface area (Å²) in [6.45, 7) is 5.49. The van der Waals surface area contributed by atoms with Crippen LogP contribution in [0.15, 0.2) is 36.4 Å². The van der Waals surface area contributed by atoms with Crippen molar-refractivity contribution in [1.82, 2.24) is 15.1 Å². The first-order valence-corrected chi connectivity index (χ1v) is 13.3. The van der Waals surface area contributed by atoms with E-state index in [0.717, 1.165) is 28.0 Å². The smallest absolute Gasteiger partial charge is 0.418 e. The van der Waals surface area contributed by atoms with E-state index in [1.54, 1.807) is 29.2 Å². The minimum Gasteiger partial charge on any atom is -0.427 e. The van der Waals surface area contributed by atoms with E-state index < -0.39 is 24.1 Å². The number of anilines is 1. The average Bonchev–Trinajstić information content (AvgIpc) is 3.53. The minimum atomic E-state index is -1.48. The molecule has 206 valence electrons. The molecule has 5 amide bonds. The lowest BCUT2D eigenvalue weighted by molar-refractivity contribution is -0.143. The van der Waals surface area contributed by atoms with Crippen molar-refractivity contribution >= 4 is 29.6 Å². The van der Waals surface area contributed by atoms with Crippen LogP contribution in [0, 0.1) is 5.82 Å². The van der Waals surface area contributed by atoms with Crippen LogP contribution in [0.4, 0.5) is 19.7 Å². The summed E-state index contributed by atoms with van der Waals surface area (Å²) in [5, 5.41) is 5.18. The van der Waals surface area contributed by atoms with Crippen LogP contribution in [0.5, 0.6) is 0 Å². The van der Waals surface area contributed by atoms with Crippen molar-refractivity contribution in [3.8, 4) is 0 Å². The zero-order chi connectivity index (χ0) is 28.1. The Morgan fingerprint density at radius 1 is 1.15 bits per heavy atom. The highest BCUT2D eigenvalue weighted by molar-refractivity contribution is 6.06. The quantitative estimate of drug-likeness (QED) is 0.582. The number of nitrogens with zero attached hydrogens (tertiary/aromatic N) is 2. The van der Waals surface area contributed by atoms with Gasteiger partial charge in [-0.2, -0.15) is 0 Å². The van der Waals surface area contributed by atoms with E-state index in [1.807, 2.05) is 20.8 Å². The first-order chi connectivity index (χ1) is 18.6. The van der Waals surface area contributed by atoms with Crippen LogP contribution in [0.1, 0.15) is 74.2 Å². The summed E-state index contributed by atoms with van der Waals surface area (Å²) < 4.78 is 19.7. The highest BCUT2D eigenvalue weighted by atomic mass is 19.1. The van der Waals surface area contributed by atoms with Gasteiger partial charge in [0.25, 0.3) is 5.91 Å². The van der Waals surface area contributed by atoms with Crippen LogP contribution >= 0.6 is 0 Å². The first-order valence-electron chi connectivity index (χ1n) is 13.3. The maximum atomic E-state index is 14.0. The number of benzene rings is 2. The third-order valence-corrected chi connectivity index (χ3v) is 8.12. The molecule has 10 heteroatoms. The summed E-state index contributed by atoms with van der Waals surface area (Å²) in [6.07, 6.45) is 1.36. The van der Waals surface area contributed by atoms with Crippen molar-refractivity contribution in [2.24, 2.45) is 0 Å². The molecule has 5 rings (SSSR count). The summed E-state index contributed by atoms with van der Waals surface area (Å²) in [6, 6.07) is 9.02. The molecule has 2 N–H and O–H groups in total. The number of imide groups is 1. The molecule has 2 saturated heterocycles. The fourth-order valence-electron chi connectivity index (χ4n) is 6.20. The molecule has 2 heterocycles. The Morgan fingerprint density at radius 2 is 1.92 bits per heavy atom. The van der Waals surface area contributed by atoms with Crippen molar-refractivity contribution < 1.29 is 28.3 Å². The van der Waals surface area contributed by atoms with Gasteiger partial charge in [-0.1, -0.05) is 26.0 Å². The van der Waals surface area contributed by atoms with Gasteiger partial charge < -0.3 is 20.3 Å². The summed E-state index contributed by atoms with van der Waals surface area (Å²) in [4.78, 5) is 54.6. The summed E-state index contributed by atoms with van der Waals surface area (Å²) in [5.74, 6) is -1.17. The maximum absolute atomic E-state index is 14.0. The van der Waals surface area contributed by atoms with Gasteiger partial charge in [0.1, 0.15) is 12.4 Å². The third-order valence-electron chi connectivity index (χ3n) is 8.12. The first kappa shape index (κ1) is 26.6. The van der Waals surface area contributed by atoms with Gasteiger partial charge in [0.2, 0.25) is 11.5 Å². The van der Waals surface area contributed by atoms with Gasteiger partial charge in [0.05, 0.1) is 6.04 Å². The monoisotopic (exact) mass is 536 g/mol. The molecule has 2 aromatic carbocycles. The fourth-order valence-corrected chi connectivity index (χ4v) is 6.20. The lowest BCUT2D eigenvalue weighted by Crippen LogP contribution is -2.46. The van der Waals surface area contributed by atoms with Crippen molar-refractivity contribution in [2.45, 2.75) is 70.1 Å². The van der Waals surface area contributed by atoms with Crippen LogP contribution in [-0.4, -0.2) is 53.4 Å². The Bertz CT molecular complexity index is 1360. The third kappa shape index (κ3) is 4.51. The molecule has 2 fully saturated rings. The fraction of sp³-hybridized carbons (Fsp3) is 0.448. The SMILES string of the molecule is CNC(=O)Nc1ccc2c(c1)CC[C@@]21OC(=O)N(CC(=O)N2[C@H](C)CC[C@@H]2c2ccc(F)cc2C(C)C)C1=O. The number of likely N-dealkylation sites (tertiary alicyclic amines) is 1. The Hall–Kier alpha value is -3.95. The van der Waals surface area contributed by atoms with E-state index in [4.69, 9.17) is 4.74 Å². The molecule has 0 bridgehead atoms. The maximum Gasteiger partial charge on any atom is 0.418 e. The standard InChI is InChI=1S/C29H33FN4O5/c1-16(2)22-14-19(30)6-8-21(22)24-10-5-17(3)34(24)25(35)15-33-26(36)29(39-28(33)38)12-11-18-13-20(7-9-23(18)29)32-27(37)31-4/h6-9,13-14,16-17,24H,5,10-12,15H2,1-4H3,(H2,31,32,37)/t17-,24-,29-/m1/s1. The number of aryl methyl sites for hydroxylation is 1. The van der Waals surface area contributed by atoms with Gasteiger partial charge in [-0.25, -0.2) is 18.9 Å². The number of halogens is 1. The lowest BCUT2D eigenvalue weighted by atomic mass is 9.91. The average molecular weight is 537 g/mol. The van der Waals surface area contributed by atoms with E-state index in [0.29, 0.717) is 24.1 Å². The molecule has 0 saturated carbocycles. The predicted octanol–water partition coefficient (Wildman–Crippen LogP) is 4.57. The lowest BCUT2D eigenvalue weighted by Gasteiger charge is -2.31. The number of amides is 5. The molecule has 0 unspecified atom stereocenters. The normalized spacial score (nSPS) is 23.9. The molecular formula is C29H33FN4O5. The molecule has 3 atom stereocenters. The second-order valence-electron chi connectivity index (χ2n) is 10.8. The predicted molar refractivity (Wildman–Crippen MR) is 141 cm³/mol. The van der Waals surface area contributed by atoms with Crippen LogP contribution in [-0.2, 0) is 26.3 Å². The van der Waals surface area contributed by atoms with Gasteiger partial charge in [-0.05, 0) is 73.1 Å². The van der Waals surface area contributed by atoms with E-state index >= 15 is 0 Å². The Balaban J connectivity index is 1.38. The minimum absolute atomic E-state index is 0.0630. The summed E-state index contributed by atoms with van der Waals surface area (Å²) in [5.41, 5.74) is 2.18. The van der Waals surface area contributed by atoms with E-state index in [-0.39, 0.29) is 42.2 Å². The summed E-state index contributed by atoms with van der Waals surface area (Å²) in [7, 11) is 1.51. The topological polar surface area (TPSA) is 108 Å². The van der Waals surface area contributed by atoms with Gasteiger partial charge in [-0.3, -0.25) is 9.59 Å². The number of urea groups is 1. The van der Waals surface area contributed by atoms with Crippen molar-refractivity contribution in [1.29, 1.82) is 0 Å². The van der Waals surface area contributed by atoms with Gasteiger partial charge in [0.15, 0.2) is 0 Å². The number of hydrogen-bond acceptors (Lipinski definition) is 5. The molecule has 39 heavy (non-hydrogen) atoms. The van der Waals surface area contributed by atoms with Gasteiger partial charge in [-0.15, -0.1) is 0 Å². The molecule has 9 nitrogen and oxygen atoms in total. The molecule has 0 radical (unpaired) electrons. The summed E-state index contributed by atoms with van der Waals surface area (Å²) >= 11 is 0. The van der Waals surface area contributed by atoms with E-state index in [9.17, 15) is 23.6 Å². The number of carbonyl (C=O) groups excluding carboxylic acids is 4. The zero-order valence-corrected chi connectivity index (χ0v) is 22.5. The highest BCUT2D eigenvalue weighted by Gasteiger charge is 2.58. The molecule has 3 aliphatic rings. The van der Waals surface area contributed by atoms with Crippen molar-refractivity contribution in [3.05, 3.63) is 64.5 Å². The van der Waals surface area contributed by atoms with Crippen molar-refractivity contribution in [3.63, 3.8) is 0 Å². The van der Waals surface area contributed by atoms with Crippen LogP contribution in [0.3, 0.4) is 0 Å². The number of ether oxygens (including phenoxy) is 1. The Kier molecular flexibility index (Phi) is 6.82. The van der Waals surface area contributed by atoms with Crippen molar-refractivity contribution in [2.75, 3.05) is 18.9 Å². The number of rotatable bonds is 5. The molecule has 2 aliphatic heterocycles. The number of hydrogen-bond donors (Lipinski definition) is 2. The zero-order valence-electron chi connectivity index (χ0n) is 22.5. The molecular weight excluding hydrogens is 503 g/mol. The van der Waals surface area contributed by atoms with Gasteiger partial charge >= 0.3 is 12.1 Å².